The molecule has 1 aromatic heterocycles. The molecule has 0 aliphatic carbocycles. The molecule has 0 aliphatic rings. The molecule has 0 aromatic carbocycles. The summed E-state index contributed by atoms with van der Waals surface area (Å²) in [5.41, 5.74) is 1.01. The van der Waals surface area contributed by atoms with Crippen molar-refractivity contribution in [3.63, 3.8) is 0 Å². The molecule has 0 fully saturated rings. The standard InChI is InChI=1S/C11H17N3O/c1-4-6-14-8-10(7-12-14)9(3)13-11(15)5-2/h5,7-9H,2,4,6H2,1,3H3,(H,13,15). The number of rotatable bonds is 5. The molecular weight excluding hydrogens is 190 g/mol. The molecule has 1 rings (SSSR count). The van der Waals surface area contributed by atoms with Gasteiger partial charge in [-0.2, -0.15) is 5.10 Å². The largest absolute Gasteiger partial charge is 0.346 e. The van der Waals surface area contributed by atoms with Crippen molar-refractivity contribution in [2.24, 2.45) is 0 Å². The van der Waals surface area contributed by atoms with Crippen LogP contribution in [0.25, 0.3) is 0 Å². The second-order valence-electron chi connectivity index (χ2n) is 3.47. The highest BCUT2D eigenvalue weighted by atomic mass is 16.1. The summed E-state index contributed by atoms with van der Waals surface area (Å²) in [4.78, 5) is 11.1. The topological polar surface area (TPSA) is 46.9 Å². The van der Waals surface area contributed by atoms with E-state index in [0.29, 0.717) is 0 Å². The summed E-state index contributed by atoms with van der Waals surface area (Å²) < 4.78 is 1.88. The zero-order valence-electron chi connectivity index (χ0n) is 9.23. The maximum Gasteiger partial charge on any atom is 0.243 e. The van der Waals surface area contributed by atoms with Crippen molar-refractivity contribution in [3.05, 3.63) is 30.6 Å². The molecule has 0 bridgehead atoms. The van der Waals surface area contributed by atoms with Crippen molar-refractivity contribution in [2.75, 3.05) is 0 Å². The number of aromatic nitrogens is 2. The van der Waals surface area contributed by atoms with Crippen molar-refractivity contribution in [1.82, 2.24) is 15.1 Å². The fraction of sp³-hybridized carbons (Fsp3) is 0.455. The maximum absolute atomic E-state index is 11.1. The second-order valence-corrected chi connectivity index (χ2v) is 3.47. The van der Waals surface area contributed by atoms with Crippen LogP contribution in [0, 0.1) is 0 Å². The Kier molecular flexibility index (Phi) is 4.09. The molecule has 0 aliphatic heterocycles. The van der Waals surface area contributed by atoms with Crippen LogP contribution in [0.4, 0.5) is 0 Å². The molecule has 1 N–H and O–H groups in total. The molecule has 4 heteroatoms. The fourth-order valence-corrected chi connectivity index (χ4v) is 1.31. The minimum absolute atomic E-state index is 0.0268. The van der Waals surface area contributed by atoms with E-state index in [1.54, 1.807) is 6.20 Å². The maximum atomic E-state index is 11.1. The summed E-state index contributed by atoms with van der Waals surface area (Å²) in [6.07, 6.45) is 6.06. The summed E-state index contributed by atoms with van der Waals surface area (Å²) in [6, 6.07) is -0.0268. The van der Waals surface area contributed by atoms with Gasteiger partial charge in [0.2, 0.25) is 5.91 Å². The van der Waals surface area contributed by atoms with E-state index in [-0.39, 0.29) is 11.9 Å². The number of nitrogens with zero attached hydrogens (tertiary/aromatic N) is 2. The number of aryl methyl sites for hydroxylation is 1. The van der Waals surface area contributed by atoms with Gasteiger partial charge in [0, 0.05) is 18.3 Å². The van der Waals surface area contributed by atoms with Gasteiger partial charge in [0.1, 0.15) is 0 Å². The summed E-state index contributed by atoms with van der Waals surface area (Å²) in [7, 11) is 0. The van der Waals surface area contributed by atoms with E-state index in [2.05, 4.69) is 23.9 Å². The number of carbonyl (C=O) groups excluding carboxylic acids is 1. The summed E-state index contributed by atoms with van der Waals surface area (Å²) >= 11 is 0. The van der Waals surface area contributed by atoms with E-state index in [1.165, 1.54) is 6.08 Å². The highest BCUT2D eigenvalue weighted by Crippen LogP contribution is 2.10. The molecule has 4 nitrogen and oxygen atoms in total. The number of nitrogens with one attached hydrogen (secondary N) is 1. The third-order valence-electron chi connectivity index (χ3n) is 2.15. The molecule has 1 atom stereocenters. The van der Waals surface area contributed by atoms with Crippen LogP contribution in [-0.4, -0.2) is 15.7 Å². The number of amides is 1. The third-order valence-corrected chi connectivity index (χ3v) is 2.15. The Labute approximate surface area is 90.0 Å². The van der Waals surface area contributed by atoms with E-state index in [1.807, 2.05) is 17.8 Å². The van der Waals surface area contributed by atoms with Gasteiger partial charge in [-0.25, -0.2) is 0 Å². The average molecular weight is 207 g/mol. The van der Waals surface area contributed by atoms with E-state index in [0.717, 1.165) is 18.5 Å². The van der Waals surface area contributed by atoms with Gasteiger partial charge < -0.3 is 5.32 Å². The van der Waals surface area contributed by atoms with E-state index in [4.69, 9.17) is 0 Å². The predicted molar refractivity (Wildman–Crippen MR) is 59.3 cm³/mol. The minimum atomic E-state index is -0.161. The van der Waals surface area contributed by atoms with Crippen LogP contribution in [-0.2, 0) is 11.3 Å². The molecule has 82 valence electrons. The molecule has 1 unspecified atom stereocenters. The first-order valence-corrected chi connectivity index (χ1v) is 5.12. The van der Waals surface area contributed by atoms with Crippen molar-refractivity contribution < 1.29 is 4.79 Å². The normalized spacial score (nSPS) is 12.1. The van der Waals surface area contributed by atoms with Gasteiger partial charge in [-0.1, -0.05) is 13.5 Å². The molecule has 0 saturated heterocycles. The molecule has 0 saturated carbocycles. The van der Waals surface area contributed by atoms with Crippen LogP contribution in [0.1, 0.15) is 31.9 Å². The summed E-state index contributed by atoms with van der Waals surface area (Å²) in [5, 5.41) is 6.99. The Bertz CT molecular complexity index is 343. The third kappa shape index (κ3) is 3.23. The lowest BCUT2D eigenvalue weighted by Gasteiger charge is -2.09. The molecule has 1 aromatic rings. The van der Waals surface area contributed by atoms with Gasteiger partial charge in [0.25, 0.3) is 0 Å². The summed E-state index contributed by atoms with van der Waals surface area (Å²) in [6.45, 7) is 8.34. The van der Waals surface area contributed by atoms with Crippen LogP contribution in [0.5, 0.6) is 0 Å². The number of hydrogen-bond donors (Lipinski definition) is 1. The van der Waals surface area contributed by atoms with Crippen LogP contribution in [0.2, 0.25) is 0 Å². The van der Waals surface area contributed by atoms with Gasteiger partial charge in [-0.3, -0.25) is 9.48 Å². The van der Waals surface area contributed by atoms with Crippen LogP contribution >= 0.6 is 0 Å². The van der Waals surface area contributed by atoms with Gasteiger partial charge in [0.15, 0.2) is 0 Å². The van der Waals surface area contributed by atoms with Crippen molar-refractivity contribution >= 4 is 5.91 Å². The first kappa shape index (κ1) is 11.5. The van der Waals surface area contributed by atoms with E-state index >= 15 is 0 Å². The monoisotopic (exact) mass is 207 g/mol. The fourth-order valence-electron chi connectivity index (χ4n) is 1.31. The smallest absolute Gasteiger partial charge is 0.243 e. The first-order valence-electron chi connectivity index (χ1n) is 5.12. The van der Waals surface area contributed by atoms with E-state index < -0.39 is 0 Å². The number of hydrogen-bond acceptors (Lipinski definition) is 2. The zero-order chi connectivity index (χ0) is 11.3. The molecular formula is C11H17N3O. The molecule has 1 heterocycles. The van der Waals surface area contributed by atoms with Gasteiger partial charge in [-0.15, -0.1) is 0 Å². The highest BCUT2D eigenvalue weighted by Gasteiger charge is 2.09. The van der Waals surface area contributed by atoms with Crippen LogP contribution in [0.15, 0.2) is 25.0 Å². The first-order chi connectivity index (χ1) is 7.17. The lowest BCUT2D eigenvalue weighted by Crippen LogP contribution is -2.24. The second kappa shape index (κ2) is 5.34. The Hall–Kier alpha value is -1.58. The van der Waals surface area contributed by atoms with Gasteiger partial charge in [0.05, 0.1) is 12.2 Å². The zero-order valence-corrected chi connectivity index (χ0v) is 9.23. The number of carbonyl (C=O) groups is 1. The molecule has 0 radical (unpaired) electrons. The molecule has 0 spiro atoms. The Morgan fingerprint density at radius 3 is 3.13 bits per heavy atom. The minimum Gasteiger partial charge on any atom is -0.346 e. The Morgan fingerprint density at radius 2 is 2.53 bits per heavy atom. The lowest BCUT2D eigenvalue weighted by atomic mass is 10.2. The van der Waals surface area contributed by atoms with Crippen LogP contribution in [0.3, 0.4) is 0 Å². The quantitative estimate of drug-likeness (QED) is 0.746. The van der Waals surface area contributed by atoms with Crippen molar-refractivity contribution in [3.8, 4) is 0 Å². The highest BCUT2D eigenvalue weighted by molar-refractivity contribution is 5.87. The Morgan fingerprint density at radius 1 is 1.80 bits per heavy atom. The SMILES string of the molecule is C=CC(=O)NC(C)c1cnn(CCC)c1. The lowest BCUT2D eigenvalue weighted by molar-refractivity contribution is -0.117. The van der Waals surface area contributed by atoms with Gasteiger partial charge in [-0.05, 0) is 19.4 Å². The van der Waals surface area contributed by atoms with E-state index in [9.17, 15) is 4.79 Å². The van der Waals surface area contributed by atoms with Gasteiger partial charge >= 0.3 is 0 Å². The molecule has 1 amide bonds. The Balaban J connectivity index is 2.61. The van der Waals surface area contributed by atoms with Crippen molar-refractivity contribution in [1.29, 1.82) is 0 Å². The van der Waals surface area contributed by atoms with Crippen molar-refractivity contribution in [2.45, 2.75) is 32.9 Å². The summed E-state index contributed by atoms with van der Waals surface area (Å²) in [5.74, 6) is -0.161. The molecule has 15 heavy (non-hydrogen) atoms. The van der Waals surface area contributed by atoms with Crippen LogP contribution < -0.4 is 5.32 Å². The predicted octanol–water partition coefficient (Wildman–Crippen LogP) is 1.66. The average Bonchev–Trinajstić information content (AvgIpc) is 2.67.